The van der Waals surface area contributed by atoms with Gasteiger partial charge in [0.2, 0.25) is 5.91 Å². The Labute approximate surface area is 215 Å². The van der Waals surface area contributed by atoms with Gasteiger partial charge in [0.25, 0.3) is 0 Å². The lowest BCUT2D eigenvalue weighted by Gasteiger charge is -2.18. The van der Waals surface area contributed by atoms with Crippen molar-refractivity contribution in [2.75, 3.05) is 20.2 Å². The number of nitrogens with zero attached hydrogens (tertiary/aromatic N) is 3. The Morgan fingerprint density at radius 1 is 0.973 bits per heavy atom. The van der Waals surface area contributed by atoms with Crippen molar-refractivity contribution in [1.82, 2.24) is 19.4 Å². The molecule has 6 nitrogen and oxygen atoms in total. The average molecular weight is 491 g/mol. The van der Waals surface area contributed by atoms with Gasteiger partial charge in [0.1, 0.15) is 11.6 Å². The Bertz CT molecular complexity index is 1610. The van der Waals surface area contributed by atoms with Crippen LogP contribution in [0.25, 0.3) is 44.5 Å². The van der Waals surface area contributed by atoms with E-state index in [1.807, 2.05) is 18.3 Å². The normalized spacial score (nSPS) is 17.6. The number of imidazole rings is 1. The minimum Gasteiger partial charge on any atom is -0.497 e. The van der Waals surface area contributed by atoms with Crippen LogP contribution < -0.4 is 4.74 Å². The largest absolute Gasteiger partial charge is 0.497 e. The lowest BCUT2D eigenvalue weighted by molar-refractivity contribution is -0.131. The Morgan fingerprint density at radius 2 is 1.78 bits per heavy atom. The third-order valence-corrected chi connectivity index (χ3v) is 7.95. The van der Waals surface area contributed by atoms with Crippen molar-refractivity contribution in [3.63, 3.8) is 0 Å². The molecule has 1 N–H and O–H groups in total. The van der Waals surface area contributed by atoms with E-state index in [1.165, 1.54) is 16.5 Å². The maximum atomic E-state index is 12.6. The SMILES string of the molecule is COc1ccc2nc(-c3ccc(-c4ccc5[nH]ccc5c4)cc3)n(CC3CCN(C(=O)C4CC4)C3)c2c1. The molecule has 2 fully saturated rings. The number of rotatable bonds is 6. The van der Waals surface area contributed by atoms with E-state index in [9.17, 15) is 4.79 Å². The Balaban J connectivity index is 1.22. The standard InChI is InChI=1S/C31H30N4O2/c1-37-26-9-11-28-29(17-26)35(19-20-13-15-34(18-20)31(36)23-6-7-23)30(33-28)22-4-2-21(3-5-22)24-8-10-27-25(16-24)12-14-32-27/h2-5,8-12,14,16-17,20,23,32H,6-7,13,15,18-19H2,1H3. The molecule has 0 radical (unpaired) electrons. The van der Waals surface area contributed by atoms with Gasteiger partial charge in [-0.1, -0.05) is 30.3 Å². The monoisotopic (exact) mass is 490 g/mol. The van der Waals surface area contributed by atoms with Crippen molar-refractivity contribution < 1.29 is 9.53 Å². The molecule has 2 aromatic heterocycles. The van der Waals surface area contributed by atoms with Crippen LogP contribution in [0, 0.1) is 11.8 Å². The zero-order valence-corrected chi connectivity index (χ0v) is 21.0. The van der Waals surface area contributed by atoms with Gasteiger partial charge in [-0.2, -0.15) is 0 Å². The lowest BCUT2D eigenvalue weighted by Crippen LogP contribution is -2.30. The third-order valence-electron chi connectivity index (χ3n) is 7.95. The molecule has 186 valence electrons. The highest BCUT2D eigenvalue weighted by Gasteiger charge is 2.36. The summed E-state index contributed by atoms with van der Waals surface area (Å²) in [6.45, 7) is 2.53. The number of aromatic nitrogens is 3. The molecular weight excluding hydrogens is 460 g/mol. The first-order chi connectivity index (χ1) is 18.2. The number of hydrogen-bond acceptors (Lipinski definition) is 3. The summed E-state index contributed by atoms with van der Waals surface area (Å²) in [6.07, 6.45) is 5.13. The molecule has 0 bridgehead atoms. The molecule has 2 aliphatic rings. The number of likely N-dealkylation sites (tertiary alicyclic amines) is 1. The fraction of sp³-hybridized carbons (Fsp3) is 0.290. The lowest BCUT2D eigenvalue weighted by atomic mass is 10.0. The third kappa shape index (κ3) is 4.06. The number of carbonyl (C=O) groups is 1. The quantitative estimate of drug-likeness (QED) is 0.312. The summed E-state index contributed by atoms with van der Waals surface area (Å²) in [5.74, 6) is 2.84. The van der Waals surface area contributed by atoms with Gasteiger partial charge in [-0.3, -0.25) is 4.79 Å². The van der Waals surface area contributed by atoms with Crippen molar-refractivity contribution in [1.29, 1.82) is 0 Å². The van der Waals surface area contributed by atoms with Gasteiger partial charge in [0.05, 0.1) is 18.1 Å². The number of hydrogen-bond donors (Lipinski definition) is 1. The van der Waals surface area contributed by atoms with E-state index in [2.05, 4.69) is 69.0 Å². The first-order valence-corrected chi connectivity index (χ1v) is 13.2. The van der Waals surface area contributed by atoms with Crippen LogP contribution in [0.1, 0.15) is 19.3 Å². The molecule has 7 rings (SSSR count). The molecule has 3 heterocycles. The number of aromatic amines is 1. The molecule has 1 aliphatic carbocycles. The summed E-state index contributed by atoms with van der Waals surface area (Å²) in [6, 6.07) is 23.4. The summed E-state index contributed by atoms with van der Waals surface area (Å²) < 4.78 is 7.87. The van der Waals surface area contributed by atoms with Crippen LogP contribution in [0.4, 0.5) is 0 Å². The fourth-order valence-corrected chi connectivity index (χ4v) is 5.71. The summed E-state index contributed by atoms with van der Waals surface area (Å²) >= 11 is 0. The summed E-state index contributed by atoms with van der Waals surface area (Å²) in [5.41, 5.74) is 6.65. The van der Waals surface area contributed by atoms with Gasteiger partial charge in [-0.15, -0.1) is 0 Å². The maximum absolute atomic E-state index is 12.6. The number of benzene rings is 3. The molecule has 1 amide bonds. The summed E-state index contributed by atoms with van der Waals surface area (Å²) in [5, 5.41) is 1.21. The molecular formula is C31H30N4O2. The van der Waals surface area contributed by atoms with Crippen LogP contribution in [-0.4, -0.2) is 45.5 Å². The molecule has 1 aliphatic heterocycles. The van der Waals surface area contributed by atoms with Gasteiger partial charge in [-0.05, 0) is 72.0 Å². The number of carbonyl (C=O) groups excluding carboxylic acids is 1. The van der Waals surface area contributed by atoms with Gasteiger partial charge in [-0.25, -0.2) is 4.98 Å². The molecule has 1 unspecified atom stereocenters. The van der Waals surface area contributed by atoms with Crippen molar-refractivity contribution >= 4 is 27.8 Å². The zero-order valence-electron chi connectivity index (χ0n) is 21.0. The molecule has 1 saturated carbocycles. The number of methoxy groups -OCH3 is 1. The average Bonchev–Trinajstić information content (AvgIpc) is 3.33. The smallest absolute Gasteiger partial charge is 0.225 e. The zero-order chi connectivity index (χ0) is 24.9. The number of ether oxygens (including phenoxy) is 1. The second kappa shape index (κ2) is 8.80. The summed E-state index contributed by atoms with van der Waals surface area (Å²) in [4.78, 5) is 23.0. The van der Waals surface area contributed by atoms with Crippen LogP contribution in [0.2, 0.25) is 0 Å². The molecule has 5 aromatic rings. The predicted octanol–water partition coefficient (Wildman–Crippen LogP) is 6.12. The van der Waals surface area contributed by atoms with Crippen molar-refractivity contribution in [2.45, 2.75) is 25.8 Å². The van der Waals surface area contributed by atoms with E-state index >= 15 is 0 Å². The molecule has 0 spiro atoms. The topological polar surface area (TPSA) is 63.1 Å². The van der Waals surface area contributed by atoms with E-state index in [-0.39, 0.29) is 5.92 Å². The minimum absolute atomic E-state index is 0.282. The number of H-pyrrole nitrogens is 1. The highest BCUT2D eigenvalue weighted by atomic mass is 16.5. The number of amides is 1. The van der Waals surface area contributed by atoms with E-state index in [4.69, 9.17) is 9.72 Å². The van der Waals surface area contributed by atoms with Crippen LogP contribution in [0.3, 0.4) is 0 Å². The Morgan fingerprint density at radius 3 is 2.59 bits per heavy atom. The number of nitrogens with one attached hydrogen (secondary N) is 1. The van der Waals surface area contributed by atoms with Crippen LogP contribution in [0.15, 0.2) is 72.9 Å². The van der Waals surface area contributed by atoms with E-state index < -0.39 is 0 Å². The first-order valence-electron chi connectivity index (χ1n) is 13.2. The fourth-order valence-electron chi connectivity index (χ4n) is 5.71. The van der Waals surface area contributed by atoms with E-state index in [1.54, 1.807) is 7.11 Å². The highest BCUT2D eigenvalue weighted by molar-refractivity contribution is 5.86. The van der Waals surface area contributed by atoms with Crippen molar-refractivity contribution in [2.24, 2.45) is 11.8 Å². The molecule has 6 heteroatoms. The van der Waals surface area contributed by atoms with Crippen molar-refractivity contribution in [3.05, 3.63) is 72.9 Å². The van der Waals surface area contributed by atoms with Gasteiger partial charge < -0.3 is 19.2 Å². The van der Waals surface area contributed by atoms with E-state index in [0.29, 0.717) is 11.8 Å². The van der Waals surface area contributed by atoms with Gasteiger partial charge in [0, 0.05) is 48.9 Å². The van der Waals surface area contributed by atoms with Gasteiger partial charge >= 0.3 is 0 Å². The van der Waals surface area contributed by atoms with Crippen molar-refractivity contribution in [3.8, 4) is 28.3 Å². The minimum atomic E-state index is 0.282. The second-order valence-corrected chi connectivity index (χ2v) is 10.5. The van der Waals surface area contributed by atoms with Crippen LogP contribution in [-0.2, 0) is 11.3 Å². The summed E-state index contributed by atoms with van der Waals surface area (Å²) in [7, 11) is 1.70. The van der Waals surface area contributed by atoms with Crippen LogP contribution in [0.5, 0.6) is 5.75 Å². The maximum Gasteiger partial charge on any atom is 0.225 e. The highest BCUT2D eigenvalue weighted by Crippen LogP contribution is 2.35. The van der Waals surface area contributed by atoms with E-state index in [0.717, 1.165) is 72.6 Å². The molecule has 1 saturated heterocycles. The molecule has 37 heavy (non-hydrogen) atoms. The van der Waals surface area contributed by atoms with Crippen LogP contribution >= 0.6 is 0 Å². The Hall–Kier alpha value is -4.06. The molecule has 1 atom stereocenters. The Kier molecular flexibility index (Phi) is 5.27. The predicted molar refractivity (Wildman–Crippen MR) is 146 cm³/mol. The van der Waals surface area contributed by atoms with Gasteiger partial charge in [0.15, 0.2) is 0 Å². The second-order valence-electron chi connectivity index (χ2n) is 10.5. The molecule has 3 aromatic carbocycles. The first kappa shape index (κ1) is 22.2. The number of fused-ring (bicyclic) bond motifs is 2.